The second kappa shape index (κ2) is 4.77. The molecule has 0 fully saturated rings. The third kappa shape index (κ3) is 3.38. The molecule has 13 heavy (non-hydrogen) atoms. The highest BCUT2D eigenvalue weighted by atomic mass is 32.2. The average Bonchev–Trinajstić information content (AvgIpc) is 2.14. The number of hydrogen-bond acceptors (Lipinski definition) is 4. The van der Waals surface area contributed by atoms with Crippen LogP contribution in [0.25, 0.3) is 0 Å². The molecule has 4 heteroatoms. The Kier molecular flexibility index (Phi) is 3.64. The van der Waals surface area contributed by atoms with E-state index in [9.17, 15) is 9.59 Å². The topological polar surface area (TPSA) is 46.5 Å². The number of carbonyl (C=O) groups is 2. The lowest BCUT2D eigenvalue weighted by molar-refractivity contribution is -0.117. The minimum Gasteiger partial charge on any atom is -0.299 e. The zero-order valence-electron chi connectivity index (χ0n) is 7.03. The molecule has 0 aromatic carbocycles. The molecule has 0 unspecified atom stereocenters. The number of carbonyl (C=O) groups excluding carboxylic acids is 2. The molecule has 68 valence electrons. The van der Waals surface area contributed by atoms with E-state index in [2.05, 4.69) is 11.6 Å². The van der Waals surface area contributed by atoms with Crippen LogP contribution in [0.15, 0.2) is 27.6 Å². The van der Waals surface area contributed by atoms with Crippen LogP contribution in [-0.4, -0.2) is 18.3 Å². The number of rotatable bonds is 3. The van der Waals surface area contributed by atoms with Crippen molar-refractivity contribution in [3.05, 3.63) is 22.6 Å². The third-order valence-electron chi connectivity index (χ3n) is 1.43. The van der Waals surface area contributed by atoms with E-state index in [1.54, 1.807) is 11.6 Å². The fourth-order valence-corrected chi connectivity index (χ4v) is 1.32. The SMILES string of the molecule is C=C(C=O)S/C=C1\CC(=O)CC=N1. The van der Waals surface area contributed by atoms with Crippen LogP contribution in [0.1, 0.15) is 12.8 Å². The van der Waals surface area contributed by atoms with Gasteiger partial charge in [-0.25, -0.2) is 0 Å². The summed E-state index contributed by atoms with van der Waals surface area (Å²) in [5.41, 5.74) is 0.698. The Morgan fingerprint density at radius 1 is 1.69 bits per heavy atom. The van der Waals surface area contributed by atoms with Gasteiger partial charge in [-0.2, -0.15) is 0 Å². The predicted octanol–water partition coefficient (Wildman–Crippen LogP) is 1.71. The summed E-state index contributed by atoms with van der Waals surface area (Å²) in [5, 5.41) is 1.68. The summed E-state index contributed by atoms with van der Waals surface area (Å²) in [6.07, 6.45) is 3.03. The number of allylic oxidation sites excluding steroid dienone is 2. The summed E-state index contributed by atoms with van der Waals surface area (Å²) in [5.74, 6) is 0.151. The molecule has 0 saturated carbocycles. The van der Waals surface area contributed by atoms with Crippen molar-refractivity contribution < 1.29 is 9.59 Å². The first-order chi connectivity index (χ1) is 6.22. The van der Waals surface area contributed by atoms with Crippen molar-refractivity contribution in [2.45, 2.75) is 12.8 Å². The highest BCUT2D eigenvalue weighted by Crippen LogP contribution is 2.19. The average molecular weight is 195 g/mol. The fourth-order valence-electron chi connectivity index (χ4n) is 0.828. The van der Waals surface area contributed by atoms with Gasteiger partial charge in [-0.05, 0) is 5.41 Å². The maximum Gasteiger partial charge on any atom is 0.156 e. The number of aldehydes is 1. The monoisotopic (exact) mass is 195 g/mol. The van der Waals surface area contributed by atoms with Crippen molar-refractivity contribution in [2.75, 3.05) is 0 Å². The van der Waals surface area contributed by atoms with Crippen LogP contribution < -0.4 is 0 Å². The third-order valence-corrected chi connectivity index (χ3v) is 2.22. The van der Waals surface area contributed by atoms with E-state index in [4.69, 9.17) is 0 Å². The van der Waals surface area contributed by atoms with E-state index in [1.807, 2.05) is 0 Å². The van der Waals surface area contributed by atoms with Gasteiger partial charge < -0.3 is 0 Å². The number of aliphatic imine (C=N–C) groups is 1. The van der Waals surface area contributed by atoms with E-state index in [0.717, 1.165) is 0 Å². The molecule has 0 aliphatic carbocycles. The highest BCUT2D eigenvalue weighted by molar-refractivity contribution is 8.06. The van der Waals surface area contributed by atoms with Gasteiger partial charge in [0.15, 0.2) is 6.29 Å². The van der Waals surface area contributed by atoms with Crippen LogP contribution in [0.4, 0.5) is 0 Å². The van der Waals surface area contributed by atoms with E-state index in [-0.39, 0.29) is 5.78 Å². The zero-order chi connectivity index (χ0) is 9.68. The Bertz CT molecular complexity index is 305. The number of Topliss-reactive ketones (excluding diaryl/α,β-unsaturated/α-hetero) is 1. The summed E-state index contributed by atoms with van der Waals surface area (Å²) < 4.78 is 0. The molecule has 0 bridgehead atoms. The summed E-state index contributed by atoms with van der Waals surface area (Å²) in [7, 11) is 0. The number of nitrogens with zero attached hydrogens (tertiary/aromatic N) is 1. The number of hydrogen-bond donors (Lipinski definition) is 0. The molecule has 1 aliphatic rings. The molecular weight excluding hydrogens is 186 g/mol. The molecule has 1 aliphatic heterocycles. The van der Waals surface area contributed by atoms with Gasteiger partial charge in [0.25, 0.3) is 0 Å². The summed E-state index contributed by atoms with van der Waals surface area (Å²) in [4.78, 5) is 25.6. The van der Waals surface area contributed by atoms with Crippen molar-refractivity contribution in [1.29, 1.82) is 0 Å². The Balaban J connectivity index is 2.56. The van der Waals surface area contributed by atoms with Crippen molar-refractivity contribution in [1.82, 2.24) is 0 Å². The van der Waals surface area contributed by atoms with E-state index in [1.165, 1.54) is 11.8 Å². The lowest BCUT2D eigenvalue weighted by Crippen LogP contribution is -2.04. The van der Waals surface area contributed by atoms with Gasteiger partial charge >= 0.3 is 0 Å². The Hall–Kier alpha value is -1.16. The van der Waals surface area contributed by atoms with Gasteiger partial charge in [-0.3, -0.25) is 14.6 Å². The number of ketones is 1. The first kappa shape index (κ1) is 9.92. The molecular formula is C9H9NO2S. The standard InChI is InChI=1S/C9H9NO2S/c1-7(5-11)13-6-8-4-9(12)2-3-10-8/h3,5-6H,1-2,4H2/b8-6+. The smallest absolute Gasteiger partial charge is 0.156 e. The van der Waals surface area contributed by atoms with Crippen molar-refractivity contribution in [2.24, 2.45) is 4.99 Å². The molecule has 0 N–H and O–H groups in total. The quantitative estimate of drug-likeness (QED) is 0.508. The second-order valence-corrected chi connectivity index (χ2v) is 3.54. The van der Waals surface area contributed by atoms with Gasteiger partial charge in [0.1, 0.15) is 5.78 Å². The first-order valence-corrected chi connectivity index (χ1v) is 4.64. The van der Waals surface area contributed by atoms with E-state index >= 15 is 0 Å². The van der Waals surface area contributed by atoms with Gasteiger partial charge in [0.05, 0.1) is 5.70 Å². The lowest BCUT2D eigenvalue weighted by atomic mass is 10.1. The second-order valence-electron chi connectivity index (χ2n) is 2.54. The maximum absolute atomic E-state index is 11.0. The van der Waals surface area contributed by atoms with Crippen LogP contribution in [0.2, 0.25) is 0 Å². The Morgan fingerprint density at radius 2 is 2.46 bits per heavy atom. The Labute approximate surface area is 80.6 Å². The minimum absolute atomic E-state index is 0.151. The number of thioether (sulfide) groups is 1. The molecule has 0 amide bonds. The lowest BCUT2D eigenvalue weighted by Gasteiger charge is -2.04. The summed E-state index contributed by atoms with van der Waals surface area (Å²) in [6.45, 7) is 3.49. The van der Waals surface area contributed by atoms with Crippen LogP contribution in [-0.2, 0) is 9.59 Å². The predicted molar refractivity (Wildman–Crippen MR) is 53.6 cm³/mol. The van der Waals surface area contributed by atoms with E-state index in [0.29, 0.717) is 29.7 Å². The van der Waals surface area contributed by atoms with Crippen molar-refractivity contribution >= 4 is 30.0 Å². The van der Waals surface area contributed by atoms with Gasteiger partial charge in [-0.15, -0.1) is 0 Å². The van der Waals surface area contributed by atoms with Crippen molar-refractivity contribution in [3.8, 4) is 0 Å². The van der Waals surface area contributed by atoms with Gasteiger partial charge in [0, 0.05) is 24.0 Å². The van der Waals surface area contributed by atoms with Crippen LogP contribution in [0.3, 0.4) is 0 Å². The van der Waals surface area contributed by atoms with Crippen LogP contribution >= 0.6 is 11.8 Å². The molecule has 0 radical (unpaired) electrons. The normalized spacial score (nSPS) is 19.1. The molecule has 3 nitrogen and oxygen atoms in total. The molecule has 0 spiro atoms. The van der Waals surface area contributed by atoms with Crippen molar-refractivity contribution in [3.63, 3.8) is 0 Å². The molecule has 0 aromatic rings. The molecule has 0 aromatic heterocycles. The summed E-state index contributed by atoms with van der Waals surface area (Å²) in [6, 6.07) is 0. The summed E-state index contributed by atoms with van der Waals surface area (Å²) >= 11 is 1.19. The highest BCUT2D eigenvalue weighted by Gasteiger charge is 2.08. The first-order valence-electron chi connectivity index (χ1n) is 3.76. The van der Waals surface area contributed by atoms with Gasteiger partial charge in [-0.1, -0.05) is 18.3 Å². The zero-order valence-corrected chi connectivity index (χ0v) is 7.84. The Morgan fingerprint density at radius 3 is 3.08 bits per heavy atom. The largest absolute Gasteiger partial charge is 0.299 e. The molecule has 0 saturated heterocycles. The van der Waals surface area contributed by atoms with Crippen LogP contribution in [0, 0.1) is 0 Å². The van der Waals surface area contributed by atoms with Gasteiger partial charge in [0.2, 0.25) is 0 Å². The molecule has 0 atom stereocenters. The van der Waals surface area contributed by atoms with E-state index < -0.39 is 0 Å². The van der Waals surface area contributed by atoms with Crippen LogP contribution in [0.5, 0.6) is 0 Å². The maximum atomic E-state index is 11.0. The molecule has 1 heterocycles. The minimum atomic E-state index is 0.151. The molecule has 1 rings (SSSR count). The fraction of sp³-hybridized carbons (Fsp3) is 0.222.